The quantitative estimate of drug-likeness (QED) is 0.696. The Bertz CT molecular complexity index is 967. The summed E-state index contributed by atoms with van der Waals surface area (Å²) in [7, 11) is 0. The Morgan fingerprint density at radius 3 is 3.10 bits per heavy atom. The molecule has 2 atom stereocenters. The van der Waals surface area contributed by atoms with Gasteiger partial charge in [-0.1, -0.05) is 6.58 Å². The van der Waals surface area contributed by atoms with E-state index in [1.165, 1.54) is 4.90 Å². The number of aryl methyl sites for hydroxylation is 1. The molecule has 164 valence electrons. The highest BCUT2D eigenvalue weighted by Crippen LogP contribution is 2.30. The summed E-state index contributed by atoms with van der Waals surface area (Å²) in [6.45, 7) is 7.28. The molecule has 0 aromatic carbocycles. The molecule has 2 amide bonds. The highest BCUT2D eigenvalue weighted by atomic mass is 16.6. The minimum atomic E-state index is -0.804. The lowest BCUT2D eigenvalue weighted by atomic mass is 9.95. The summed E-state index contributed by atoms with van der Waals surface area (Å²) in [5.41, 5.74) is 1.29. The van der Waals surface area contributed by atoms with Gasteiger partial charge in [-0.2, -0.15) is 0 Å². The van der Waals surface area contributed by atoms with Crippen LogP contribution in [0.5, 0.6) is 0 Å². The number of aliphatic hydroxyl groups excluding tert-OH is 1. The van der Waals surface area contributed by atoms with Crippen LogP contribution in [0.25, 0.3) is 0 Å². The van der Waals surface area contributed by atoms with E-state index in [0.717, 1.165) is 18.4 Å². The van der Waals surface area contributed by atoms with Crippen molar-refractivity contribution in [2.75, 3.05) is 24.7 Å². The summed E-state index contributed by atoms with van der Waals surface area (Å²) in [6.07, 6.45) is 6.15. The van der Waals surface area contributed by atoms with Gasteiger partial charge in [0.25, 0.3) is 0 Å². The monoisotopic (exact) mass is 426 g/mol. The third kappa shape index (κ3) is 4.30. The number of ether oxygens (including phenoxy) is 2. The molecule has 1 aromatic rings. The van der Waals surface area contributed by atoms with E-state index >= 15 is 0 Å². The van der Waals surface area contributed by atoms with E-state index in [0.29, 0.717) is 55.2 Å². The van der Waals surface area contributed by atoms with Crippen molar-refractivity contribution in [2.24, 2.45) is 4.99 Å². The standard InChI is InChI=1S/C22H26N4O5/c1-14-10-23-19(9-22(14,2)31-17-5-7-30-13-17)25-21(29)26-6-3-4-15-8-16(11-27)18(12-28)24-20(15)26/h8-10,12,17,27H,1,3-7,11,13H2,2H3,(H,25,29). The molecule has 0 aliphatic carbocycles. The number of hydrogen-bond donors (Lipinski definition) is 2. The van der Waals surface area contributed by atoms with Gasteiger partial charge < -0.3 is 14.6 Å². The zero-order valence-electron chi connectivity index (χ0n) is 17.5. The molecule has 3 aliphatic rings. The molecule has 31 heavy (non-hydrogen) atoms. The van der Waals surface area contributed by atoms with Gasteiger partial charge in [0.05, 0.1) is 19.3 Å². The number of rotatable bonds is 5. The van der Waals surface area contributed by atoms with Crippen molar-refractivity contribution in [3.05, 3.63) is 46.9 Å². The Morgan fingerprint density at radius 1 is 1.55 bits per heavy atom. The minimum Gasteiger partial charge on any atom is -0.392 e. The second-order valence-corrected chi connectivity index (χ2v) is 8.00. The van der Waals surface area contributed by atoms with Crippen LogP contribution in [0.2, 0.25) is 0 Å². The van der Waals surface area contributed by atoms with Crippen LogP contribution in [0, 0.1) is 0 Å². The fourth-order valence-corrected chi connectivity index (χ4v) is 3.96. The zero-order chi connectivity index (χ0) is 22.0. The second kappa shape index (κ2) is 8.70. The van der Waals surface area contributed by atoms with Crippen molar-refractivity contribution in [1.29, 1.82) is 0 Å². The van der Waals surface area contributed by atoms with Gasteiger partial charge in [-0.15, -0.1) is 0 Å². The van der Waals surface area contributed by atoms with Gasteiger partial charge in [-0.25, -0.2) is 14.8 Å². The molecular weight excluding hydrogens is 400 g/mol. The van der Waals surface area contributed by atoms with Crippen LogP contribution in [-0.2, 0) is 22.5 Å². The number of anilines is 1. The van der Waals surface area contributed by atoms with Crippen LogP contribution in [0.1, 0.15) is 41.4 Å². The van der Waals surface area contributed by atoms with Crippen LogP contribution in [0.3, 0.4) is 0 Å². The van der Waals surface area contributed by atoms with Crippen LogP contribution in [-0.4, -0.2) is 60.1 Å². The first-order chi connectivity index (χ1) is 14.9. The maximum atomic E-state index is 13.1. The summed E-state index contributed by atoms with van der Waals surface area (Å²) in [4.78, 5) is 34.5. The molecule has 4 rings (SSSR count). The number of aliphatic imine (C=N–C) groups is 1. The number of carbonyl (C=O) groups is 2. The summed E-state index contributed by atoms with van der Waals surface area (Å²) >= 11 is 0. The Labute approximate surface area is 180 Å². The molecule has 3 aliphatic heterocycles. The first kappa shape index (κ1) is 21.4. The van der Waals surface area contributed by atoms with E-state index < -0.39 is 11.6 Å². The normalized spacial score (nSPS) is 25.2. The Kier molecular flexibility index (Phi) is 5.99. The van der Waals surface area contributed by atoms with E-state index in [1.54, 1.807) is 18.4 Å². The van der Waals surface area contributed by atoms with Crippen molar-refractivity contribution in [2.45, 2.75) is 44.5 Å². The molecule has 0 saturated carbocycles. The minimum absolute atomic E-state index is 0.0397. The van der Waals surface area contributed by atoms with Crippen LogP contribution in [0.4, 0.5) is 10.6 Å². The topological polar surface area (TPSA) is 113 Å². The average Bonchev–Trinajstić information content (AvgIpc) is 3.27. The van der Waals surface area contributed by atoms with Crippen molar-refractivity contribution >= 4 is 24.3 Å². The third-order valence-corrected chi connectivity index (χ3v) is 5.75. The lowest BCUT2D eigenvalue weighted by Crippen LogP contribution is -2.44. The number of aldehydes is 1. The van der Waals surface area contributed by atoms with E-state index in [1.807, 2.05) is 6.92 Å². The van der Waals surface area contributed by atoms with Gasteiger partial charge >= 0.3 is 6.03 Å². The summed E-state index contributed by atoms with van der Waals surface area (Å²) < 4.78 is 11.6. The predicted molar refractivity (Wildman–Crippen MR) is 114 cm³/mol. The zero-order valence-corrected chi connectivity index (χ0v) is 17.5. The second-order valence-electron chi connectivity index (χ2n) is 8.00. The lowest BCUT2D eigenvalue weighted by Gasteiger charge is -2.33. The average molecular weight is 426 g/mol. The number of carbonyl (C=O) groups excluding carboxylic acids is 2. The van der Waals surface area contributed by atoms with E-state index in [-0.39, 0.29) is 18.4 Å². The molecule has 1 saturated heterocycles. The lowest BCUT2D eigenvalue weighted by molar-refractivity contribution is -0.0301. The Balaban J connectivity index is 1.54. The molecular formula is C22H26N4O5. The highest BCUT2D eigenvalue weighted by molar-refractivity contribution is 5.94. The number of urea groups is 1. The van der Waals surface area contributed by atoms with Crippen molar-refractivity contribution < 1.29 is 24.2 Å². The number of nitrogens with zero attached hydrogens (tertiary/aromatic N) is 3. The van der Waals surface area contributed by atoms with Gasteiger partial charge in [-0.3, -0.25) is 15.0 Å². The van der Waals surface area contributed by atoms with Gasteiger partial charge in [0, 0.05) is 24.9 Å². The van der Waals surface area contributed by atoms with Gasteiger partial charge in [-0.05, 0) is 49.5 Å². The molecule has 2 unspecified atom stereocenters. The fourth-order valence-electron chi connectivity index (χ4n) is 3.96. The number of aliphatic hydroxyl groups is 1. The maximum absolute atomic E-state index is 13.1. The van der Waals surface area contributed by atoms with Crippen molar-refractivity contribution in [3.63, 3.8) is 0 Å². The first-order valence-corrected chi connectivity index (χ1v) is 10.3. The SMILES string of the molecule is C=C1C=NC(NC(=O)N2CCCc3cc(CO)c(C=O)nc32)=CC1(C)OC1CCOC1. The number of amides is 2. The summed E-state index contributed by atoms with van der Waals surface area (Å²) in [5.74, 6) is 0.781. The molecule has 2 N–H and O–H groups in total. The Hall–Kier alpha value is -2.88. The number of fused-ring (bicyclic) bond motifs is 1. The van der Waals surface area contributed by atoms with Crippen LogP contribution in [0.15, 0.2) is 35.1 Å². The van der Waals surface area contributed by atoms with E-state index in [2.05, 4.69) is 21.9 Å². The predicted octanol–water partition coefficient (Wildman–Crippen LogP) is 1.89. The molecule has 0 spiro atoms. The summed E-state index contributed by atoms with van der Waals surface area (Å²) in [6, 6.07) is 1.34. The smallest absolute Gasteiger partial charge is 0.328 e. The molecule has 4 heterocycles. The molecule has 1 fully saturated rings. The number of hydrogen-bond acceptors (Lipinski definition) is 7. The molecule has 0 bridgehead atoms. The van der Waals surface area contributed by atoms with Gasteiger partial charge in [0.1, 0.15) is 22.9 Å². The van der Waals surface area contributed by atoms with E-state index in [4.69, 9.17) is 9.47 Å². The van der Waals surface area contributed by atoms with Gasteiger partial charge in [0.2, 0.25) is 0 Å². The number of aromatic nitrogens is 1. The number of nitrogens with one attached hydrogen (secondary N) is 1. The largest absolute Gasteiger partial charge is 0.392 e. The Morgan fingerprint density at radius 2 is 2.39 bits per heavy atom. The van der Waals surface area contributed by atoms with Gasteiger partial charge in [0.15, 0.2) is 6.29 Å². The summed E-state index contributed by atoms with van der Waals surface area (Å²) in [5, 5.41) is 12.3. The maximum Gasteiger partial charge on any atom is 0.328 e. The van der Waals surface area contributed by atoms with Crippen molar-refractivity contribution in [3.8, 4) is 0 Å². The molecule has 9 nitrogen and oxygen atoms in total. The van der Waals surface area contributed by atoms with Crippen LogP contribution < -0.4 is 10.2 Å². The first-order valence-electron chi connectivity index (χ1n) is 10.3. The number of pyridine rings is 1. The molecule has 1 aromatic heterocycles. The van der Waals surface area contributed by atoms with Crippen molar-refractivity contribution in [1.82, 2.24) is 10.3 Å². The van der Waals surface area contributed by atoms with Crippen LogP contribution >= 0.6 is 0 Å². The fraction of sp³-hybridized carbons (Fsp3) is 0.455. The third-order valence-electron chi connectivity index (χ3n) is 5.75. The van der Waals surface area contributed by atoms with E-state index in [9.17, 15) is 14.7 Å². The molecule has 0 radical (unpaired) electrons. The highest BCUT2D eigenvalue weighted by Gasteiger charge is 2.34. The molecule has 9 heteroatoms.